The maximum atomic E-state index is 8.36. The third kappa shape index (κ3) is 12.3. The largest absolute Gasteiger partial charge is 0.344 e. The lowest BCUT2D eigenvalue weighted by Crippen LogP contribution is -2.31. The maximum absolute atomic E-state index is 8.36. The molecule has 1 rings (SSSR count). The van der Waals surface area contributed by atoms with Crippen molar-refractivity contribution < 1.29 is 14.9 Å². The fraction of sp³-hybridized carbons (Fsp3) is 0.444. The maximum Gasteiger partial charge on any atom is 0.291 e. The van der Waals surface area contributed by atoms with E-state index in [2.05, 4.69) is 36.0 Å². The molecule has 1 heterocycles. The van der Waals surface area contributed by atoms with Crippen LogP contribution < -0.4 is 10.7 Å². The van der Waals surface area contributed by atoms with Crippen LogP contribution in [0.5, 0.6) is 0 Å². The van der Waals surface area contributed by atoms with Crippen molar-refractivity contribution in [3.8, 4) is 0 Å². The van der Waals surface area contributed by atoms with E-state index >= 15 is 0 Å². The summed E-state index contributed by atoms with van der Waals surface area (Å²) in [5.74, 6) is 0. The van der Waals surface area contributed by atoms with E-state index in [1.807, 2.05) is 6.07 Å². The molecule has 6 heteroatoms. The molecule has 1 aromatic heterocycles. The molecule has 6 nitrogen and oxygen atoms in total. The lowest BCUT2D eigenvalue weighted by molar-refractivity contribution is -0.742. The van der Waals surface area contributed by atoms with Gasteiger partial charge in [0.25, 0.3) is 5.09 Å². The zero-order valence-electron chi connectivity index (χ0n) is 8.87. The van der Waals surface area contributed by atoms with Crippen LogP contribution in [0.1, 0.15) is 19.8 Å². The Morgan fingerprint density at radius 2 is 1.80 bits per heavy atom. The molecule has 0 aromatic carbocycles. The Bertz CT molecular complexity index is 250. The fourth-order valence-electron chi connectivity index (χ4n) is 0.924. The molecule has 15 heavy (non-hydrogen) atoms. The number of rotatable bonds is 3. The summed E-state index contributed by atoms with van der Waals surface area (Å²) in [7, 11) is 0. The highest BCUT2D eigenvalue weighted by atomic mass is 16.9. The van der Waals surface area contributed by atoms with Gasteiger partial charge in [0.2, 0.25) is 0 Å². The molecule has 0 saturated carbocycles. The second-order valence-electron chi connectivity index (χ2n) is 2.70. The molecule has 0 aliphatic heterocycles. The second kappa shape index (κ2) is 10.4. The van der Waals surface area contributed by atoms with Gasteiger partial charge in [-0.15, -0.1) is 10.1 Å². The molecule has 0 bridgehead atoms. The standard InChI is InChI=1S/C9H14N.HNO3.H3N/c1-2-3-7-10-8-5-4-6-9-10;2-1(3)4;/h4-6,8-9H,2-3,7H2,1H3;(H,2,3,4);1H3/q+1;;. The number of hydrogen-bond donors (Lipinski definition) is 2. The minimum atomic E-state index is -1.50. The van der Waals surface area contributed by atoms with E-state index in [0.29, 0.717) is 0 Å². The van der Waals surface area contributed by atoms with Gasteiger partial charge in [0, 0.05) is 18.6 Å². The van der Waals surface area contributed by atoms with Crippen molar-refractivity contribution in [3.63, 3.8) is 0 Å². The minimum Gasteiger partial charge on any atom is -0.344 e. The predicted octanol–water partition coefficient (Wildman–Crippen LogP) is 1.59. The van der Waals surface area contributed by atoms with Gasteiger partial charge < -0.3 is 11.4 Å². The highest BCUT2D eigenvalue weighted by molar-refractivity contribution is 4.83. The molecule has 86 valence electrons. The molecule has 1 aromatic rings. The number of aromatic nitrogens is 1. The van der Waals surface area contributed by atoms with Crippen LogP contribution in [-0.2, 0) is 6.54 Å². The monoisotopic (exact) mass is 216 g/mol. The van der Waals surface area contributed by atoms with E-state index in [1.165, 1.54) is 12.8 Å². The number of nitrogens with zero attached hydrogens (tertiary/aromatic N) is 2. The third-order valence-electron chi connectivity index (χ3n) is 1.55. The van der Waals surface area contributed by atoms with E-state index in [4.69, 9.17) is 15.3 Å². The Balaban J connectivity index is 0. The molecule has 0 saturated heterocycles. The van der Waals surface area contributed by atoms with Gasteiger partial charge in [-0.2, -0.15) is 0 Å². The van der Waals surface area contributed by atoms with Crippen molar-refractivity contribution in [2.75, 3.05) is 0 Å². The van der Waals surface area contributed by atoms with Gasteiger partial charge in [-0.25, -0.2) is 4.57 Å². The fourth-order valence-corrected chi connectivity index (χ4v) is 0.924. The quantitative estimate of drug-likeness (QED) is 0.455. The van der Waals surface area contributed by atoms with E-state index in [9.17, 15) is 0 Å². The Hall–Kier alpha value is -1.69. The molecule has 0 fully saturated rings. The topological polar surface area (TPSA) is 102 Å². The summed E-state index contributed by atoms with van der Waals surface area (Å²) >= 11 is 0. The third-order valence-corrected chi connectivity index (χ3v) is 1.55. The number of hydrogen-bond acceptors (Lipinski definition) is 3. The van der Waals surface area contributed by atoms with Gasteiger partial charge in [-0.3, -0.25) is 0 Å². The van der Waals surface area contributed by atoms with E-state index < -0.39 is 5.09 Å². The van der Waals surface area contributed by atoms with Crippen LogP contribution in [0, 0.1) is 10.1 Å². The first-order valence-corrected chi connectivity index (χ1v) is 4.44. The zero-order valence-corrected chi connectivity index (χ0v) is 8.87. The van der Waals surface area contributed by atoms with Crippen molar-refractivity contribution in [1.29, 1.82) is 0 Å². The summed E-state index contributed by atoms with van der Waals surface area (Å²) in [6, 6.07) is 6.17. The molecule has 0 unspecified atom stereocenters. The second-order valence-corrected chi connectivity index (χ2v) is 2.70. The first-order chi connectivity index (χ1) is 6.66. The van der Waals surface area contributed by atoms with Crippen LogP contribution in [-0.4, -0.2) is 10.3 Å². The first-order valence-electron chi connectivity index (χ1n) is 4.44. The number of pyridine rings is 1. The zero-order chi connectivity index (χ0) is 10.8. The molecule has 0 aliphatic rings. The lowest BCUT2D eigenvalue weighted by atomic mass is 10.3. The normalized spacial score (nSPS) is 8.07. The van der Waals surface area contributed by atoms with Crippen LogP contribution in [0.4, 0.5) is 0 Å². The predicted molar refractivity (Wildman–Crippen MR) is 55.3 cm³/mol. The summed E-state index contributed by atoms with van der Waals surface area (Å²) in [6.07, 6.45) is 6.75. The Morgan fingerprint density at radius 3 is 2.20 bits per heavy atom. The van der Waals surface area contributed by atoms with Crippen molar-refractivity contribution in [2.24, 2.45) is 0 Å². The Morgan fingerprint density at radius 1 is 1.33 bits per heavy atom. The number of aryl methyl sites for hydroxylation is 1. The minimum absolute atomic E-state index is 0. The molecule has 4 N–H and O–H groups in total. The van der Waals surface area contributed by atoms with Gasteiger partial charge in [-0.1, -0.05) is 19.4 Å². The molecular weight excluding hydrogens is 198 g/mol. The molecular formula is C9H18N3O3+. The van der Waals surface area contributed by atoms with Crippen molar-refractivity contribution in [2.45, 2.75) is 26.3 Å². The van der Waals surface area contributed by atoms with Gasteiger partial charge in [0.05, 0.1) is 0 Å². The number of unbranched alkanes of at least 4 members (excludes halogenated alkanes) is 1. The molecule has 0 radical (unpaired) electrons. The van der Waals surface area contributed by atoms with Gasteiger partial charge in [0.1, 0.15) is 6.54 Å². The van der Waals surface area contributed by atoms with Crippen LogP contribution in [0.2, 0.25) is 0 Å². The van der Waals surface area contributed by atoms with Crippen molar-refractivity contribution in [3.05, 3.63) is 40.7 Å². The van der Waals surface area contributed by atoms with Crippen LogP contribution in [0.25, 0.3) is 0 Å². The lowest BCUT2D eigenvalue weighted by Gasteiger charge is -1.91. The average Bonchev–Trinajstić information content (AvgIpc) is 2.15. The summed E-state index contributed by atoms with van der Waals surface area (Å²) < 4.78 is 2.21. The smallest absolute Gasteiger partial charge is 0.291 e. The van der Waals surface area contributed by atoms with Crippen LogP contribution in [0.3, 0.4) is 0 Å². The molecule has 0 amide bonds. The van der Waals surface area contributed by atoms with Crippen LogP contribution >= 0.6 is 0 Å². The SMILES string of the molecule is CCCC[n+]1ccccc1.N.O=[N+]([O-])O. The summed E-state index contributed by atoms with van der Waals surface area (Å²) in [5, 5.41) is 13.6. The van der Waals surface area contributed by atoms with Gasteiger partial charge >= 0.3 is 0 Å². The van der Waals surface area contributed by atoms with Crippen molar-refractivity contribution >= 4 is 0 Å². The van der Waals surface area contributed by atoms with E-state index in [-0.39, 0.29) is 6.15 Å². The average molecular weight is 216 g/mol. The van der Waals surface area contributed by atoms with Crippen molar-refractivity contribution in [1.82, 2.24) is 6.15 Å². The summed E-state index contributed by atoms with van der Waals surface area (Å²) in [6.45, 7) is 3.36. The Kier molecular flexibility index (Phi) is 10.9. The van der Waals surface area contributed by atoms with E-state index in [0.717, 1.165) is 6.54 Å². The van der Waals surface area contributed by atoms with E-state index in [1.54, 1.807) is 0 Å². The highest BCUT2D eigenvalue weighted by Gasteiger charge is 1.93. The van der Waals surface area contributed by atoms with Gasteiger partial charge in [-0.05, 0) is 0 Å². The highest BCUT2D eigenvalue weighted by Crippen LogP contribution is 1.85. The van der Waals surface area contributed by atoms with Crippen LogP contribution in [0.15, 0.2) is 30.6 Å². The molecule has 0 aliphatic carbocycles. The summed E-state index contributed by atoms with van der Waals surface area (Å²) in [4.78, 5) is 8.36. The Labute approximate surface area is 88.9 Å². The molecule has 0 spiro atoms. The molecule has 0 atom stereocenters. The summed E-state index contributed by atoms with van der Waals surface area (Å²) in [5.41, 5.74) is 0. The van der Waals surface area contributed by atoms with Gasteiger partial charge in [0.15, 0.2) is 12.4 Å². The first kappa shape index (κ1) is 15.8.